The van der Waals surface area contributed by atoms with E-state index in [0.29, 0.717) is 29.6 Å². The number of carbonyl (C=O) groups is 2. The van der Waals surface area contributed by atoms with Crippen molar-refractivity contribution in [2.45, 2.75) is 40.0 Å². The zero-order valence-electron chi connectivity index (χ0n) is 14.6. The van der Waals surface area contributed by atoms with Crippen LogP contribution in [0.25, 0.3) is 0 Å². The summed E-state index contributed by atoms with van der Waals surface area (Å²) in [6.45, 7) is 7.67. The average molecular weight is 354 g/mol. The molecule has 1 saturated heterocycles. The summed E-state index contributed by atoms with van der Waals surface area (Å²) in [5.41, 5.74) is 2.36. The number of aryl methyl sites for hydroxylation is 1. The van der Waals surface area contributed by atoms with Crippen molar-refractivity contribution in [3.63, 3.8) is 0 Å². The van der Waals surface area contributed by atoms with Gasteiger partial charge >= 0.3 is 0 Å². The Morgan fingerprint density at radius 2 is 1.88 bits per heavy atom. The standard InChI is InChI=1S/C18H27N3O2.ClH/c1-12-4-5-16(20-14(3)22)17(10-12)21-18(23)11-13(2)15-6-8-19-9-7-15;/h4-5,10,13,15,19H,6-9,11H2,1-3H3,(H,20,22)(H,21,23);1H. The maximum Gasteiger partial charge on any atom is 0.224 e. The molecule has 0 spiro atoms. The van der Waals surface area contributed by atoms with Gasteiger partial charge in [-0.15, -0.1) is 12.4 Å². The molecule has 1 atom stereocenters. The third-order valence-corrected chi connectivity index (χ3v) is 4.46. The van der Waals surface area contributed by atoms with E-state index in [0.717, 1.165) is 31.5 Å². The molecule has 1 aromatic rings. The highest BCUT2D eigenvalue weighted by Crippen LogP contribution is 2.27. The smallest absolute Gasteiger partial charge is 0.224 e. The lowest BCUT2D eigenvalue weighted by Crippen LogP contribution is -2.32. The average Bonchev–Trinajstić information content (AvgIpc) is 2.50. The summed E-state index contributed by atoms with van der Waals surface area (Å²) in [5.74, 6) is 0.834. The van der Waals surface area contributed by atoms with Crippen molar-refractivity contribution in [2.24, 2.45) is 11.8 Å². The van der Waals surface area contributed by atoms with Gasteiger partial charge in [-0.1, -0.05) is 13.0 Å². The summed E-state index contributed by atoms with van der Waals surface area (Å²) >= 11 is 0. The first-order valence-corrected chi connectivity index (χ1v) is 8.34. The third kappa shape index (κ3) is 6.13. The minimum atomic E-state index is -0.146. The van der Waals surface area contributed by atoms with Gasteiger partial charge in [0.2, 0.25) is 11.8 Å². The SMILES string of the molecule is CC(=O)Nc1ccc(C)cc1NC(=O)CC(C)C1CCNCC1.Cl. The van der Waals surface area contributed by atoms with E-state index in [2.05, 4.69) is 22.9 Å². The normalized spacial score (nSPS) is 16.0. The molecule has 2 rings (SSSR count). The van der Waals surface area contributed by atoms with Crippen LogP contribution in [-0.2, 0) is 9.59 Å². The monoisotopic (exact) mass is 353 g/mol. The number of hydrogen-bond donors (Lipinski definition) is 3. The summed E-state index contributed by atoms with van der Waals surface area (Å²) in [6, 6.07) is 5.62. The second kappa shape index (κ2) is 9.64. The molecular formula is C18H28ClN3O2. The van der Waals surface area contributed by atoms with Crippen LogP contribution in [0.2, 0.25) is 0 Å². The molecule has 134 valence electrons. The fourth-order valence-electron chi connectivity index (χ4n) is 3.13. The van der Waals surface area contributed by atoms with Gasteiger partial charge in [-0.3, -0.25) is 9.59 Å². The molecule has 2 amide bonds. The topological polar surface area (TPSA) is 70.2 Å². The number of piperidine rings is 1. The molecule has 0 radical (unpaired) electrons. The van der Waals surface area contributed by atoms with Crippen molar-refractivity contribution >= 4 is 35.6 Å². The first-order chi connectivity index (χ1) is 11.0. The Morgan fingerprint density at radius 3 is 2.50 bits per heavy atom. The van der Waals surface area contributed by atoms with Crippen molar-refractivity contribution in [1.82, 2.24) is 5.32 Å². The van der Waals surface area contributed by atoms with Crippen molar-refractivity contribution < 1.29 is 9.59 Å². The van der Waals surface area contributed by atoms with Gasteiger partial charge in [0, 0.05) is 13.3 Å². The maximum absolute atomic E-state index is 12.4. The van der Waals surface area contributed by atoms with E-state index in [4.69, 9.17) is 0 Å². The Kier molecular flexibility index (Phi) is 8.22. The van der Waals surface area contributed by atoms with E-state index in [9.17, 15) is 9.59 Å². The van der Waals surface area contributed by atoms with Crippen LogP contribution in [0, 0.1) is 18.8 Å². The Morgan fingerprint density at radius 1 is 1.21 bits per heavy atom. The van der Waals surface area contributed by atoms with Crippen LogP contribution in [0.15, 0.2) is 18.2 Å². The molecule has 24 heavy (non-hydrogen) atoms. The highest BCUT2D eigenvalue weighted by atomic mass is 35.5. The summed E-state index contributed by atoms with van der Waals surface area (Å²) in [5, 5.41) is 9.07. The lowest BCUT2D eigenvalue weighted by atomic mass is 9.84. The molecule has 0 saturated carbocycles. The quantitative estimate of drug-likeness (QED) is 0.760. The fraction of sp³-hybridized carbons (Fsp3) is 0.556. The number of anilines is 2. The first kappa shape index (κ1) is 20.5. The number of hydrogen-bond acceptors (Lipinski definition) is 3. The Bertz CT molecular complexity index is 571. The molecule has 1 unspecified atom stereocenters. The number of halogens is 1. The summed E-state index contributed by atoms with van der Waals surface area (Å²) in [7, 11) is 0. The maximum atomic E-state index is 12.4. The second-order valence-electron chi connectivity index (χ2n) is 6.55. The predicted molar refractivity (Wildman–Crippen MR) is 101 cm³/mol. The molecule has 1 aliphatic heterocycles. The van der Waals surface area contributed by atoms with Gasteiger partial charge in [0.1, 0.15) is 0 Å². The van der Waals surface area contributed by atoms with Crippen LogP contribution >= 0.6 is 12.4 Å². The molecule has 6 heteroatoms. The van der Waals surface area contributed by atoms with Crippen molar-refractivity contribution in [3.05, 3.63) is 23.8 Å². The lowest BCUT2D eigenvalue weighted by molar-refractivity contribution is -0.117. The largest absolute Gasteiger partial charge is 0.325 e. The Balaban J connectivity index is 0.00000288. The van der Waals surface area contributed by atoms with E-state index in [1.165, 1.54) is 6.92 Å². The third-order valence-electron chi connectivity index (χ3n) is 4.46. The number of carbonyl (C=O) groups excluding carboxylic acids is 2. The Hall–Kier alpha value is -1.59. The van der Waals surface area contributed by atoms with Gasteiger partial charge in [-0.2, -0.15) is 0 Å². The number of benzene rings is 1. The van der Waals surface area contributed by atoms with E-state index in [1.54, 1.807) is 0 Å². The summed E-state index contributed by atoms with van der Waals surface area (Å²) in [6.07, 6.45) is 2.78. The fourth-order valence-corrected chi connectivity index (χ4v) is 3.13. The highest BCUT2D eigenvalue weighted by Gasteiger charge is 2.22. The van der Waals surface area contributed by atoms with Gasteiger partial charge in [0.25, 0.3) is 0 Å². The molecule has 1 fully saturated rings. The zero-order valence-corrected chi connectivity index (χ0v) is 15.5. The number of amides is 2. The summed E-state index contributed by atoms with van der Waals surface area (Å²) < 4.78 is 0. The molecule has 1 aliphatic rings. The Labute approximate surface area is 150 Å². The van der Waals surface area contributed by atoms with Gasteiger partial charge in [0.15, 0.2) is 0 Å². The lowest BCUT2D eigenvalue weighted by Gasteiger charge is -2.28. The van der Waals surface area contributed by atoms with E-state index < -0.39 is 0 Å². The van der Waals surface area contributed by atoms with E-state index >= 15 is 0 Å². The van der Waals surface area contributed by atoms with E-state index in [1.807, 2.05) is 25.1 Å². The summed E-state index contributed by atoms with van der Waals surface area (Å²) in [4.78, 5) is 23.7. The van der Waals surface area contributed by atoms with Crippen LogP contribution in [-0.4, -0.2) is 24.9 Å². The zero-order chi connectivity index (χ0) is 16.8. The first-order valence-electron chi connectivity index (χ1n) is 8.34. The number of rotatable bonds is 5. The van der Waals surface area contributed by atoms with Gasteiger partial charge < -0.3 is 16.0 Å². The minimum Gasteiger partial charge on any atom is -0.325 e. The molecule has 1 heterocycles. The predicted octanol–water partition coefficient (Wildman–Crippen LogP) is 3.34. The van der Waals surface area contributed by atoms with Gasteiger partial charge in [0.05, 0.1) is 11.4 Å². The van der Waals surface area contributed by atoms with Crippen LogP contribution in [0.4, 0.5) is 11.4 Å². The van der Waals surface area contributed by atoms with Crippen LogP contribution in [0.3, 0.4) is 0 Å². The second-order valence-corrected chi connectivity index (χ2v) is 6.55. The molecule has 0 aliphatic carbocycles. The molecule has 1 aromatic carbocycles. The number of nitrogens with one attached hydrogen (secondary N) is 3. The molecule has 0 aromatic heterocycles. The molecular weight excluding hydrogens is 326 g/mol. The molecule has 5 nitrogen and oxygen atoms in total. The molecule has 3 N–H and O–H groups in total. The van der Waals surface area contributed by atoms with Crippen molar-refractivity contribution in [1.29, 1.82) is 0 Å². The van der Waals surface area contributed by atoms with Gasteiger partial charge in [-0.25, -0.2) is 0 Å². The highest BCUT2D eigenvalue weighted by molar-refractivity contribution is 5.99. The van der Waals surface area contributed by atoms with Crippen LogP contribution in [0.1, 0.15) is 38.7 Å². The van der Waals surface area contributed by atoms with Crippen molar-refractivity contribution in [3.8, 4) is 0 Å². The van der Waals surface area contributed by atoms with Crippen LogP contribution < -0.4 is 16.0 Å². The van der Waals surface area contributed by atoms with E-state index in [-0.39, 0.29) is 24.2 Å². The minimum absolute atomic E-state index is 0. The van der Waals surface area contributed by atoms with Gasteiger partial charge in [-0.05, 0) is 62.4 Å². The molecule has 0 bridgehead atoms. The van der Waals surface area contributed by atoms with Crippen molar-refractivity contribution in [2.75, 3.05) is 23.7 Å². The van der Waals surface area contributed by atoms with Crippen LogP contribution in [0.5, 0.6) is 0 Å².